The summed E-state index contributed by atoms with van der Waals surface area (Å²) in [5.41, 5.74) is 5.24. The average Bonchev–Trinajstić information content (AvgIpc) is 2.78. The summed E-state index contributed by atoms with van der Waals surface area (Å²) in [6.07, 6.45) is 8.87. The third kappa shape index (κ3) is 7.25. The molecule has 32 heavy (non-hydrogen) atoms. The van der Waals surface area contributed by atoms with Gasteiger partial charge in [0.25, 0.3) is 0 Å². The number of urea groups is 1. The first kappa shape index (κ1) is 25.7. The molecule has 1 aliphatic heterocycles. The Kier molecular flexibility index (Phi) is 10.0. The Labute approximate surface area is 193 Å². The number of amides is 2. The van der Waals surface area contributed by atoms with Crippen molar-refractivity contribution in [3.8, 4) is 0 Å². The maximum atomic E-state index is 13.6. The van der Waals surface area contributed by atoms with E-state index in [2.05, 4.69) is 35.3 Å². The quantitative estimate of drug-likeness (QED) is 0.438. The molecular formula is C27H40FN3O. The number of benzene rings is 1. The van der Waals surface area contributed by atoms with Crippen molar-refractivity contribution < 1.29 is 9.18 Å². The maximum absolute atomic E-state index is 13.6. The molecule has 0 aromatic heterocycles. The van der Waals surface area contributed by atoms with Crippen LogP contribution in [-0.4, -0.2) is 42.0 Å². The number of unbranched alkanes of at least 4 members (excludes halogenated alkanes) is 1. The first-order valence-corrected chi connectivity index (χ1v) is 11.8. The zero-order valence-corrected chi connectivity index (χ0v) is 20.7. The zero-order chi connectivity index (χ0) is 23.7. The summed E-state index contributed by atoms with van der Waals surface area (Å²) >= 11 is 0. The molecule has 1 aromatic carbocycles. The van der Waals surface area contributed by atoms with Gasteiger partial charge in [-0.3, -0.25) is 0 Å². The van der Waals surface area contributed by atoms with Crippen molar-refractivity contribution in [3.63, 3.8) is 0 Å². The van der Waals surface area contributed by atoms with Gasteiger partial charge in [-0.2, -0.15) is 0 Å². The lowest BCUT2D eigenvalue weighted by atomic mass is 9.99. The third-order valence-electron chi connectivity index (χ3n) is 6.13. The van der Waals surface area contributed by atoms with Crippen LogP contribution in [-0.2, 0) is 6.42 Å². The minimum atomic E-state index is -0.190. The molecule has 1 aliphatic rings. The van der Waals surface area contributed by atoms with E-state index >= 15 is 0 Å². The fourth-order valence-electron chi connectivity index (χ4n) is 4.19. The molecule has 1 fully saturated rings. The van der Waals surface area contributed by atoms with E-state index < -0.39 is 0 Å². The van der Waals surface area contributed by atoms with E-state index in [-0.39, 0.29) is 17.9 Å². The molecular weight excluding hydrogens is 401 g/mol. The summed E-state index contributed by atoms with van der Waals surface area (Å²) in [6.45, 7) is 11.4. The Balaban J connectivity index is 1.95. The largest absolute Gasteiger partial charge is 0.371 e. The number of nitrogens with zero attached hydrogens (tertiary/aromatic N) is 2. The van der Waals surface area contributed by atoms with Crippen molar-refractivity contribution in [1.82, 2.24) is 9.80 Å². The Morgan fingerprint density at radius 3 is 2.31 bits per heavy atom. The molecule has 4 nitrogen and oxygen atoms in total. The molecule has 0 atom stereocenters. The average molecular weight is 442 g/mol. The standard InChI is InChI=1S/C27H40FN3O/c1-7-9-10-22-11-13-23(14-12-22)29-27(32)30(6)24-15-17-31(18-16-24)26(8-2)25(20(3)4)19-21(5)28/h8,11-14,19,24H,7,9-10,15-18H2,1-6H3,(H,29,32)/b21-19+,26-8+. The summed E-state index contributed by atoms with van der Waals surface area (Å²) in [5, 5.41) is 3.03. The number of aryl methyl sites for hydroxylation is 1. The van der Waals surface area contributed by atoms with Gasteiger partial charge in [0.1, 0.15) is 0 Å². The molecule has 0 unspecified atom stereocenters. The highest BCUT2D eigenvalue weighted by atomic mass is 19.1. The number of nitrogens with one attached hydrogen (secondary N) is 1. The van der Waals surface area contributed by atoms with Crippen LogP contribution in [0.2, 0.25) is 0 Å². The van der Waals surface area contributed by atoms with Crippen LogP contribution in [0.25, 0.3) is 0 Å². The molecule has 0 saturated carbocycles. The van der Waals surface area contributed by atoms with Crippen molar-refractivity contribution in [2.24, 2.45) is 0 Å². The van der Waals surface area contributed by atoms with Gasteiger partial charge < -0.3 is 15.1 Å². The van der Waals surface area contributed by atoms with E-state index in [4.69, 9.17) is 0 Å². The molecule has 2 amide bonds. The normalized spacial score (nSPS) is 15.5. The molecule has 1 heterocycles. The minimum absolute atomic E-state index is 0.0722. The summed E-state index contributed by atoms with van der Waals surface area (Å²) in [6, 6.07) is 8.27. The number of rotatable bonds is 8. The third-order valence-corrected chi connectivity index (χ3v) is 6.13. The summed E-state index contributed by atoms with van der Waals surface area (Å²) in [7, 11) is 1.87. The second-order valence-electron chi connectivity index (χ2n) is 8.88. The van der Waals surface area contributed by atoms with Gasteiger partial charge in [-0.1, -0.05) is 37.1 Å². The molecule has 0 spiro atoms. The molecule has 0 radical (unpaired) electrons. The molecule has 1 saturated heterocycles. The van der Waals surface area contributed by atoms with Gasteiger partial charge in [0.05, 0.1) is 5.83 Å². The van der Waals surface area contributed by atoms with Crippen molar-refractivity contribution in [3.05, 3.63) is 64.7 Å². The van der Waals surface area contributed by atoms with Crippen LogP contribution in [0.5, 0.6) is 0 Å². The number of hydrogen-bond acceptors (Lipinski definition) is 2. The first-order chi connectivity index (χ1) is 15.3. The number of carbonyl (C=O) groups is 1. The van der Waals surface area contributed by atoms with Crippen molar-refractivity contribution in [1.29, 1.82) is 0 Å². The van der Waals surface area contributed by atoms with Crippen LogP contribution in [0.15, 0.2) is 59.1 Å². The Hall–Kier alpha value is -2.56. The first-order valence-electron chi connectivity index (χ1n) is 11.8. The lowest BCUT2D eigenvalue weighted by Crippen LogP contribution is -2.46. The van der Waals surface area contributed by atoms with E-state index in [1.165, 1.54) is 25.3 Å². The number of halogens is 1. The maximum Gasteiger partial charge on any atom is 0.321 e. The van der Waals surface area contributed by atoms with Crippen molar-refractivity contribution in [2.75, 3.05) is 25.5 Å². The highest BCUT2D eigenvalue weighted by Gasteiger charge is 2.27. The Bertz CT molecular complexity index is 838. The van der Waals surface area contributed by atoms with Gasteiger partial charge in [0.15, 0.2) is 0 Å². The summed E-state index contributed by atoms with van der Waals surface area (Å²) in [4.78, 5) is 16.9. The van der Waals surface area contributed by atoms with Crippen molar-refractivity contribution >= 4 is 11.7 Å². The smallest absolute Gasteiger partial charge is 0.321 e. The number of hydrogen-bond donors (Lipinski definition) is 1. The molecule has 1 N–H and O–H groups in total. The van der Waals surface area contributed by atoms with Gasteiger partial charge in [0, 0.05) is 37.6 Å². The van der Waals surface area contributed by atoms with Gasteiger partial charge in [0.2, 0.25) is 0 Å². The highest BCUT2D eigenvalue weighted by Crippen LogP contribution is 2.27. The summed E-state index contributed by atoms with van der Waals surface area (Å²) < 4.78 is 13.6. The topological polar surface area (TPSA) is 35.6 Å². The second kappa shape index (κ2) is 12.5. The minimum Gasteiger partial charge on any atom is -0.371 e. The van der Waals surface area contributed by atoms with Gasteiger partial charge in [-0.15, -0.1) is 0 Å². The van der Waals surface area contributed by atoms with Crippen LogP contribution >= 0.6 is 0 Å². The second-order valence-corrected chi connectivity index (χ2v) is 8.88. The van der Waals surface area contributed by atoms with Crippen molar-refractivity contribution in [2.45, 2.75) is 72.8 Å². The SMILES string of the molecule is C/C=C(\C(/C=C(\C)F)=C(C)C)N1CCC(N(C)C(=O)Nc2ccc(CCCC)cc2)CC1. The van der Waals surface area contributed by atoms with Gasteiger partial charge in [-0.05, 0) is 82.7 Å². The fraction of sp³-hybridized carbons (Fsp3) is 0.519. The van der Waals surface area contributed by atoms with Gasteiger partial charge in [-0.25, -0.2) is 9.18 Å². The van der Waals surface area contributed by atoms with Gasteiger partial charge >= 0.3 is 6.03 Å². The number of allylic oxidation sites excluding steroid dienone is 4. The molecule has 0 aliphatic carbocycles. The van der Waals surface area contributed by atoms with Crippen LogP contribution in [0.4, 0.5) is 14.9 Å². The molecule has 2 rings (SSSR count). The van der Waals surface area contributed by atoms with Crippen LogP contribution in [0.3, 0.4) is 0 Å². The molecule has 5 heteroatoms. The number of piperidine rings is 1. The zero-order valence-electron chi connectivity index (χ0n) is 20.7. The monoisotopic (exact) mass is 441 g/mol. The molecule has 176 valence electrons. The van der Waals surface area contributed by atoms with Crippen LogP contribution < -0.4 is 5.32 Å². The van der Waals surface area contributed by atoms with E-state index in [9.17, 15) is 9.18 Å². The molecule has 0 bridgehead atoms. The lowest BCUT2D eigenvalue weighted by Gasteiger charge is -2.39. The Morgan fingerprint density at radius 2 is 1.81 bits per heavy atom. The van der Waals surface area contributed by atoms with E-state index in [1.807, 2.05) is 44.9 Å². The molecule has 1 aromatic rings. The lowest BCUT2D eigenvalue weighted by molar-refractivity contribution is 0.160. The number of carbonyl (C=O) groups excluding carboxylic acids is 1. The number of anilines is 1. The van der Waals surface area contributed by atoms with E-state index in [0.717, 1.165) is 54.9 Å². The van der Waals surface area contributed by atoms with Crippen LogP contribution in [0.1, 0.15) is 65.9 Å². The van der Waals surface area contributed by atoms with E-state index in [0.29, 0.717) is 0 Å². The highest BCUT2D eigenvalue weighted by molar-refractivity contribution is 5.89. The predicted molar refractivity (Wildman–Crippen MR) is 133 cm³/mol. The van der Waals surface area contributed by atoms with Crippen LogP contribution in [0, 0.1) is 0 Å². The van der Waals surface area contributed by atoms with E-state index in [1.54, 1.807) is 6.08 Å². The predicted octanol–water partition coefficient (Wildman–Crippen LogP) is 7.07. The fourth-order valence-corrected chi connectivity index (χ4v) is 4.19. The Morgan fingerprint density at radius 1 is 1.19 bits per heavy atom. The summed E-state index contributed by atoms with van der Waals surface area (Å²) in [5.74, 6) is -0.190. The number of likely N-dealkylation sites (tertiary alicyclic amines) is 1.